The van der Waals surface area contributed by atoms with Gasteiger partial charge in [0.25, 0.3) is 0 Å². The molecule has 0 aliphatic rings. The summed E-state index contributed by atoms with van der Waals surface area (Å²) in [6.45, 7) is 2.12. The van der Waals surface area contributed by atoms with Gasteiger partial charge in [-0.25, -0.2) is 4.98 Å². The average Bonchev–Trinajstić information content (AvgIpc) is 3.27. The van der Waals surface area contributed by atoms with E-state index < -0.39 is 0 Å². The summed E-state index contributed by atoms with van der Waals surface area (Å²) < 4.78 is 5.24. The van der Waals surface area contributed by atoms with Crippen molar-refractivity contribution < 1.29 is 14.3 Å². The molecular weight excluding hydrogens is 368 g/mol. The van der Waals surface area contributed by atoms with Crippen LogP contribution in [0.15, 0.2) is 47.2 Å². The Morgan fingerprint density at radius 1 is 1.12 bits per heavy atom. The first kappa shape index (κ1) is 18.3. The van der Waals surface area contributed by atoms with Crippen LogP contribution in [-0.4, -0.2) is 16.9 Å². The second-order valence-electron chi connectivity index (χ2n) is 5.74. The monoisotopic (exact) mass is 386 g/mol. The standard InChI is InChI=1S/C19H18N2O3S2/c1-13-4-6-14(7-5-13)20-17(22)10-18-21-15(12-26-18)11-24-19(23)9-16-3-2-8-25-16/h2-8,12H,9-11H2,1H3,(H,20,22). The fourth-order valence-corrected chi connectivity index (χ4v) is 3.70. The fourth-order valence-electron chi connectivity index (χ4n) is 2.24. The number of thiazole rings is 1. The van der Waals surface area contributed by atoms with Crippen LogP contribution in [0.25, 0.3) is 0 Å². The molecule has 0 aliphatic carbocycles. The van der Waals surface area contributed by atoms with Crippen molar-refractivity contribution in [1.82, 2.24) is 4.98 Å². The van der Waals surface area contributed by atoms with Crippen LogP contribution >= 0.6 is 22.7 Å². The predicted molar refractivity (Wildman–Crippen MR) is 103 cm³/mol. The van der Waals surface area contributed by atoms with Gasteiger partial charge < -0.3 is 10.1 Å². The number of carbonyl (C=O) groups is 2. The van der Waals surface area contributed by atoms with Crippen LogP contribution in [0, 0.1) is 6.92 Å². The molecule has 0 aliphatic heterocycles. The van der Waals surface area contributed by atoms with E-state index in [4.69, 9.17) is 4.74 Å². The number of nitrogens with one attached hydrogen (secondary N) is 1. The van der Waals surface area contributed by atoms with Crippen molar-refractivity contribution >= 4 is 40.2 Å². The normalized spacial score (nSPS) is 10.5. The molecule has 2 aromatic heterocycles. The molecule has 5 nitrogen and oxygen atoms in total. The van der Waals surface area contributed by atoms with E-state index in [0.717, 1.165) is 16.1 Å². The molecule has 1 aromatic carbocycles. The van der Waals surface area contributed by atoms with Crippen LogP contribution in [0.4, 0.5) is 5.69 Å². The van der Waals surface area contributed by atoms with Crippen molar-refractivity contribution in [2.24, 2.45) is 0 Å². The van der Waals surface area contributed by atoms with Crippen LogP contribution in [0.5, 0.6) is 0 Å². The first-order valence-corrected chi connectivity index (χ1v) is 9.82. The Morgan fingerprint density at radius 3 is 2.65 bits per heavy atom. The maximum absolute atomic E-state index is 12.1. The number of carbonyl (C=O) groups excluding carboxylic acids is 2. The summed E-state index contributed by atoms with van der Waals surface area (Å²) >= 11 is 2.91. The zero-order valence-electron chi connectivity index (χ0n) is 14.2. The molecular formula is C19H18N2O3S2. The third-order valence-corrected chi connectivity index (χ3v) is 5.30. The van der Waals surface area contributed by atoms with Crippen molar-refractivity contribution in [1.29, 1.82) is 0 Å². The number of nitrogens with zero attached hydrogens (tertiary/aromatic N) is 1. The Hall–Kier alpha value is -2.51. The van der Waals surface area contributed by atoms with E-state index in [1.54, 1.807) is 0 Å². The second-order valence-corrected chi connectivity index (χ2v) is 7.72. The zero-order chi connectivity index (χ0) is 18.4. The van der Waals surface area contributed by atoms with Gasteiger partial charge in [-0.3, -0.25) is 9.59 Å². The number of hydrogen-bond acceptors (Lipinski definition) is 6. The summed E-state index contributed by atoms with van der Waals surface area (Å²) in [5.41, 5.74) is 2.56. The highest BCUT2D eigenvalue weighted by Gasteiger charge is 2.11. The van der Waals surface area contributed by atoms with Crippen molar-refractivity contribution in [2.75, 3.05) is 5.32 Å². The molecule has 1 N–H and O–H groups in total. The predicted octanol–water partition coefficient (Wildman–Crippen LogP) is 3.98. The van der Waals surface area contributed by atoms with Gasteiger partial charge in [0.15, 0.2) is 0 Å². The molecule has 0 saturated heterocycles. The Balaban J connectivity index is 1.45. The van der Waals surface area contributed by atoms with Crippen molar-refractivity contribution in [3.05, 3.63) is 68.3 Å². The van der Waals surface area contributed by atoms with Crippen LogP contribution in [-0.2, 0) is 33.8 Å². The maximum atomic E-state index is 12.1. The number of esters is 1. The van der Waals surface area contributed by atoms with Crippen LogP contribution in [0.2, 0.25) is 0 Å². The van der Waals surface area contributed by atoms with E-state index in [2.05, 4.69) is 10.3 Å². The molecule has 0 saturated carbocycles. The third-order valence-electron chi connectivity index (χ3n) is 3.53. The van der Waals surface area contributed by atoms with E-state index >= 15 is 0 Å². The average molecular weight is 386 g/mol. The lowest BCUT2D eigenvalue weighted by molar-refractivity contribution is -0.144. The zero-order valence-corrected chi connectivity index (χ0v) is 15.9. The minimum atomic E-state index is -0.279. The van der Waals surface area contributed by atoms with Gasteiger partial charge in [-0.1, -0.05) is 23.8 Å². The number of ether oxygens (including phenoxy) is 1. The molecule has 3 rings (SSSR count). The topological polar surface area (TPSA) is 68.3 Å². The van der Waals surface area contributed by atoms with E-state index in [1.807, 2.05) is 54.1 Å². The van der Waals surface area contributed by atoms with Crippen molar-refractivity contribution in [3.63, 3.8) is 0 Å². The largest absolute Gasteiger partial charge is 0.459 e. The molecule has 0 unspecified atom stereocenters. The number of benzene rings is 1. The first-order chi connectivity index (χ1) is 12.6. The molecule has 3 aromatic rings. The van der Waals surface area contributed by atoms with Crippen LogP contribution in [0.3, 0.4) is 0 Å². The lowest BCUT2D eigenvalue weighted by atomic mass is 10.2. The summed E-state index contributed by atoms with van der Waals surface area (Å²) in [6.07, 6.45) is 0.468. The summed E-state index contributed by atoms with van der Waals surface area (Å²) in [4.78, 5) is 29.2. The summed E-state index contributed by atoms with van der Waals surface area (Å²) in [5.74, 6) is -0.399. The molecule has 0 spiro atoms. The van der Waals surface area contributed by atoms with Crippen LogP contribution < -0.4 is 5.32 Å². The van der Waals surface area contributed by atoms with Gasteiger partial charge >= 0.3 is 5.97 Å². The molecule has 0 radical (unpaired) electrons. The Morgan fingerprint density at radius 2 is 1.92 bits per heavy atom. The van der Waals surface area contributed by atoms with Gasteiger partial charge in [0.2, 0.25) is 5.91 Å². The third kappa shape index (κ3) is 5.50. The summed E-state index contributed by atoms with van der Waals surface area (Å²) in [5, 5.41) is 7.28. The summed E-state index contributed by atoms with van der Waals surface area (Å²) in [6, 6.07) is 11.4. The minimum absolute atomic E-state index is 0.121. The fraction of sp³-hybridized carbons (Fsp3) is 0.211. The SMILES string of the molecule is Cc1ccc(NC(=O)Cc2nc(COC(=O)Cc3cccs3)cs2)cc1. The van der Waals surface area contributed by atoms with Crippen LogP contribution in [0.1, 0.15) is 21.1 Å². The van der Waals surface area contributed by atoms with E-state index in [1.165, 1.54) is 22.7 Å². The number of amides is 1. The van der Waals surface area contributed by atoms with Crippen molar-refractivity contribution in [2.45, 2.75) is 26.4 Å². The first-order valence-electron chi connectivity index (χ1n) is 8.06. The van der Waals surface area contributed by atoms with Gasteiger partial charge in [0, 0.05) is 15.9 Å². The second kappa shape index (κ2) is 8.73. The molecule has 2 heterocycles. The van der Waals surface area contributed by atoms with Gasteiger partial charge in [0.1, 0.15) is 11.6 Å². The molecule has 26 heavy (non-hydrogen) atoms. The minimum Gasteiger partial charge on any atom is -0.459 e. The highest BCUT2D eigenvalue weighted by atomic mass is 32.1. The molecule has 134 valence electrons. The molecule has 0 atom stereocenters. The molecule has 0 fully saturated rings. The lowest BCUT2D eigenvalue weighted by Crippen LogP contribution is -2.14. The molecule has 0 bridgehead atoms. The maximum Gasteiger partial charge on any atom is 0.311 e. The van der Waals surface area contributed by atoms with Crippen molar-refractivity contribution in [3.8, 4) is 0 Å². The summed E-state index contributed by atoms with van der Waals surface area (Å²) in [7, 11) is 0. The van der Waals surface area contributed by atoms with E-state index in [9.17, 15) is 9.59 Å². The lowest BCUT2D eigenvalue weighted by Gasteiger charge is -2.04. The number of hydrogen-bond donors (Lipinski definition) is 1. The van der Waals surface area contributed by atoms with E-state index in [-0.39, 0.29) is 31.3 Å². The van der Waals surface area contributed by atoms with Gasteiger partial charge in [-0.05, 0) is 30.5 Å². The van der Waals surface area contributed by atoms with Gasteiger partial charge in [-0.2, -0.15) is 0 Å². The molecule has 1 amide bonds. The highest BCUT2D eigenvalue weighted by Crippen LogP contribution is 2.15. The highest BCUT2D eigenvalue weighted by molar-refractivity contribution is 7.10. The quantitative estimate of drug-likeness (QED) is 0.624. The number of rotatable bonds is 7. The number of aryl methyl sites for hydroxylation is 1. The Labute approximate surface area is 159 Å². The van der Waals surface area contributed by atoms with E-state index in [0.29, 0.717) is 10.7 Å². The number of thiophene rings is 1. The van der Waals surface area contributed by atoms with Gasteiger partial charge in [0.05, 0.1) is 18.5 Å². The number of aromatic nitrogens is 1. The molecule has 7 heteroatoms. The number of anilines is 1. The van der Waals surface area contributed by atoms with Gasteiger partial charge in [-0.15, -0.1) is 22.7 Å². The Bertz CT molecular complexity index is 871. The Kier molecular flexibility index (Phi) is 6.14. The smallest absolute Gasteiger partial charge is 0.311 e.